The Bertz CT molecular complexity index is 874. The summed E-state index contributed by atoms with van der Waals surface area (Å²) < 4.78 is 37.2. The van der Waals surface area contributed by atoms with Crippen molar-refractivity contribution >= 4 is 11.9 Å². The maximum Gasteiger partial charge on any atom is 0.346 e. The fourth-order valence-electron chi connectivity index (χ4n) is 2.15. The molecule has 0 bridgehead atoms. The molecule has 3 aromatic carbocycles. The van der Waals surface area contributed by atoms with Gasteiger partial charge in [0.25, 0.3) is 0 Å². The molecule has 0 atom stereocenters. The van der Waals surface area contributed by atoms with Crippen LogP contribution in [0, 0.1) is 11.6 Å². The zero-order valence-corrected chi connectivity index (χ0v) is 13.3. The van der Waals surface area contributed by atoms with E-state index in [1.54, 1.807) is 0 Å². The summed E-state index contributed by atoms with van der Waals surface area (Å²) in [5, 5.41) is 0. The Hall–Kier alpha value is -3.54. The van der Waals surface area contributed by atoms with E-state index in [1.165, 1.54) is 60.7 Å². The largest absolute Gasteiger partial charge is 0.423 e. The molecule has 3 aromatic rings. The van der Waals surface area contributed by atoms with Gasteiger partial charge in [-0.2, -0.15) is 0 Å². The predicted molar refractivity (Wildman–Crippen MR) is 89.2 cm³/mol. The summed E-state index contributed by atoms with van der Waals surface area (Å²) in [7, 11) is 0. The van der Waals surface area contributed by atoms with Crippen molar-refractivity contribution in [2.24, 2.45) is 0 Å². The van der Waals surface area contributed by atoms with Gasteiger partial charge in [-0.1, -0.05) is 24.3 Å². The summed E-state index contributed by atoms with van der Waals surface area (Å²) in [6.07, 6.45) is 0. The second-order valence-corrected chi connectivity index (χ2v) is 5.21. The van der Waals surface area contributed by atoms with Gasteiger partial charge in [-0.05, 0) is 48.5 Å². The van der Waals surface area contributed by atoms with Crippen molar-refractivity contribution in [3.8, 4) is 11.5 Å². The van der Waals surface area contributed by atoms with Gasteiger partial charge in [0.15, 0.2) is 0 Å². The van der Waals surface area contributed by atoms with E-state index < -0.39 is 23.6 Å². The number of hydrogen-bond donors (Lipinski definition) is 0. The van der Waals surface area contributed by atoms with Gasteiger partial charge < -0.3 is 9.47 Å². The third kappa shape index (κ3) is 3.92. The Balaban J connectivity index is 1.67. The highest BCUT2D eigenvalue weighted by Crippen LogP contribution is 2.21. The first-order valence-electron chi connectivity index (χ1n) is 7.58. The lowest BCUT2D eigenvalue weighted by molar-refractivity contribution is 0.0714. The molecule has 0 saturated carbocycles. The van der Waals surface area contributed by atoms with Crippen LogP contribution in [0.15, 0.2) is 72.8 Å². The molecular formula is C20H12F2O4. The molecule has 0 saturated heterocycles. The van der Waals surface area contributed by atoms with Crippen molar-refractivity contribution in [3.63, 3.8) is 0 Å². The highest BCUT2D eigenvalue weighted by atomic mass is 19.1. The van der Waals surface area contributed by atoms with Gasteiger partial charge in [-0.25, -0.2) is 18.4 Å². The van der Waals surface area contributed by atoms with E-state index in [1.807, 2.05) is 0 Å². The molecule has 0 heterocycles. The van der Waals surface area contributed by atoms with Crippen molar-refractivity contribution in [2.75, 3.05) is 0 Å². The number of halogens is 2. The van der Waals surface area contributed by atoms with Gasteiger partial charge in [0, 0.05) is 0 Å². The lowest BCUT2D eigenvalue weighted by Gasteiger charge is -2.07. The standard InChI is InChI=1S/C20H12F2O4/c21-17-7-3-1-5-15(17)19(23)25-13-9-11-14(12-10-13)26-20(24)16-6-2-4-8-18(16)22/h1-12H. The highest BCUT2D eigenvalue weighted by Gasteiger charge is 2.15. The van der Waals surface area contributed by atoms with Crippen LogP contribution < -0.4 is 9.47 Å². The summed E-state index contributed by atoms with van der Waals surface area (Å²) in [5.74, 6) is -2.79. The Morgan fingerprint density at radius 3 is 1.27 bits per heavy atom. The lowest BCUT2D eigenvalue weighted by atomic mass is 10.2. The molecule has 0 fully saturated rings. The van der Waals surface area contributed by atoms with Gasteiger partial charge in [0.2, 0.25) is 0 Å². The first-order valence-corrected chi connectivity index (χ1v) is 7.58. The third-order valence-corrected chi connectivity index (χ3v) is 3.43. The van der Waals surface area contributed by atoms with Crippen LogP contribution in [-0.2, 0) is 0 Å². The second kappa shape index (κ2) is 7.57. The Labute approximate surface area is 147 Å². The van der Waals surface area contributed by atoms with E-state index in [2.05, 4.69) is 0 Å². The van der Waals surface area contributed by atoms with Crippen LogP contribution in [0.5, 0.6) is 11.5 Å². The average molecular weight is 354 g/mol. The SMILES string of the molecule is O=C(Oc1ccc(OC(=O)c2ccccc2F)cc1)c1ccccc1F. The minimum absolute atomic E-state index is 0.143. The van der Waals surface area contributed by atoms with Crippen LogP contribution in [0.2, 0.25) is 0 Å². The van der Waals surface area contributed by atoms with Gasteiger partial charge in [0.1, 0.15) is 23.1 Å². The van der Waals surface area contributed by atoms with E-state index in [0.29, 0.717) is 0 Å². The molecule has 0 amide bonds. The smallest absolute Gasteiger partial charge is 0.346 e. The van der Waals surface area contributed by atoms with Crippen LogP contribution in [0.1, 0.15) is 20.7 Å². The number of benzene rings is 3. The topological polar surface area (TPSA) is 52.6 Å². The number of rotatable bonds is 4. The molecule has 0 radical (unpaired) electrons. The highest BCUT2D eigenvalue weighted by molar-refractivity contribution is 5.92. The number of ether oxygens (including phenoxy) is 2. The van der Waals surface area contributed by atoms with E-state index in [-0.39, 0.29) is 22.6 Å². The monoisotopic (exact) mass is 354 g/mol. The molecule has 0 aliphatic rings. The van der Waals surface area contributed by atoms with E-state index >= 15 is 0 Å². The average Bonchev–Trinajstić information content (AvgIpc) is 2.64. The van der Waals surface area contributed by atoms with Gasteiger partial charge in [-0.3, -0.25) is 0 Å². The van der Waals surface area contributed by atoms with Gasteiger partial charge >= 0.3 is 11.9 Å². The van der Waals surface area contributed by atoms with Gasteiger partial charge in [-0.15, -0.1) is 0 Å². The predicted octanol–water partition coefficient (Wildman–Crippen LogP) is 4.40. The fraction of sp³-hybridized carbons (Fsp3) is 0. The van der Waals surface area contributed by atoms with Crippen LogP contribution in [0.4, 0.5) is 8.78 Å². The van der Waals surface area contributed by atoms with E-state index in [0.717, 1.165) is 12.1 Å². The van der Waals surface area contributed by atoms with Crippen molar-refractivity contribution in [2.45, 2.75) is 0 Å². The van der Waals surface area contributed by atoms with Gasteiger partial charge in [0.05, 0.1) is 11.1 Å². The molecule has 3 rings (SSSR count). The van der Waals surface area contributed by atoms with Crippen molar-refractivity contribution in [3.05, 3.63) is 95.6 Å². The van der Waals surface area contributed by atoms with Crippen LogP contribution >= 0.6 is 0 Å². The van der Waals surface area contributed by atoms with E-state index in [9.17, 15) is 18.4 Å². The number of hydrogen-bond acceptors (Lipinski definition) is 4. The lowest BCUT2D eigenvalue weighted by Crippen LogP contribution is -2.11. The quantitative estimate of drug-likeness (QED) is 0.515. The molecule has 0 spiro atoms. The molecule has 6 heteroatoms. The number of carbonyl (C=O) groups excluding carboxylic acids is 2. The Kier molecular flexibility index (Phi) is 5.03. The summed E-state index contributed by atoms with van der Waals surface area (Å²) in [6, 6.07) is 16.4. The Morgan fingerprint density at radius 1 is 0.577 bits per heavy atom. The first-order chi connectivity index (χ1) is 12.5. The summed E-state index contributed by atoms with van der Waals surface area (Å²) in [6.45, 7) is 0. The zero-order valence-electron chi connectivity index (χ0n) is 13.3. The van der Waals surface area contributed by atoms with Crippen LogP contribution in [-0.4, -0.2) is 11.9 Å². The molecule has 0 N–H and O–H groups in total. The summed E-state index contributed by atoms with van der Waals surface area (Å²) >= 11 is 0. The van der Waals surface area contributed by atoms with Crippen molar-refractivity contribution in [1.82, 2.24) is 0 Å². The Morgan fingerprint density at radius 2 is 0.923 bits per heavy atom. The van der Waals surface area contributed by atoms with E-state index in [4.69, 9.17) is 9.47 Å². The van der Waals surface area contributed by atoms with Crippen LogP contribution in [0.3, 0.4) is 0 Å². The minimum Gasteiger partial charge on any atom is -0.423 e. The van der Waals surface area contributed by atoms with Crippen molar-refractivity contribution in [1.29, 1.82) is 0 Å². The first kappa shape index (κ1) is 17.3. The maximum atomic E-state index is 13.6. The summed E-state index contributed by atoms with van der Waals surface area (Å²) in [4.78, 5) is 23.9. The van der Waals surface area contributed by atoms with Crippen molar-refractivity contribution < 1.29 is 27.8 Å². The molecule has 0 aliphatic carbocycles. The third-order valence-electron chi connectivity index (χ3n) is 3.43. The normalized spacial score (nSPS) is 10.2. The molecular weight excluding hydrogens is 342 g/mol. The summed E-state index contributed by atoms with van der Waals surface area (Å²) in [5.41, 5.74) is -0.384. The number of esters is 2. The molecule has 0 unspecified atom stereocenters. The molecule has 130 valence electrons. The molecule has 0 aliphatic heterocycles. The second-order valence-electron chi connectivity index (χ2n) is 5.21. The maximum absolute atomic E-state index is 13.6. The zero-order chi connectivity index (χ0) is 18.5. The fourth-order valence-corrected chi connectivity index (χ4v) is 2.15. The number of carbonyl (C=O) groups is 2. The molecule has 0 aromatic heterocycles. The van der Waals surface area contributed by atoms with Crippen LogP contribution in [0.25, 0.3) is 0 Å². The molecule has 26 heavy (non-hydrogen) atoms. The molecule has 4 nitrogen and oxygen atoms in total. The minimum atomic E-state index is -0.848.